The number of nitro groups is 1. The third-order valence-corrected chi connectivity index (χ3v) is 7.59. The van der Waals surface area contributed by atoms with E-state index in [4.69, 9.17) is 0 Å². The van der Waals surface area contributed by atoms with Crippen LogP contribution in [0.25, 0.3) is 11.4 Å². The van der Waals surface area contributed by atoms with Gasteiger partial charge in [-0.15, -0.1) is 10.2 Å². The van der Waals surface area contributed by atoms with Crippen LogP contribution in [0.4, 0.5) is 5.69 Å². The summed E-state index contributed by atoms with van der Waals surface area (Å²) < 4.78 is 28.4. The Kier molecular flexibility index (Phi) is 6.48. The van der Waals surface area contributed by atoms with Crippen LogP contribution in [-0.4, -0.2) is 50.5 Å². The molecule has 3 rings (SSSR count). The predicted molar refractivity (Wildman–Crippen MR) is 112 cm³/mol. The number of rotatable bonds is 8. The summed E-state index contributed by atoms with van der Waals surface area (Å²) in [5.74, 6) is 0.586. The van der Waals surface area contributed by atoms with Gasteiger partial charge in [-0.05, 0) is 36.0 Å². The zero-order chi connectivity index (χ0) is 21.9. The molecule has 0 bridgehead atoms. The van der Waals surface area contributed by atoms with Gasteiger partial charge >= 0.3 is 0 Å². The number of nitrogens with zero attached hydrogens (tertiary/aromatic N) is 6. The maximum absolute atomic E-state index is 12.7. The molecule has 12 heteroatoms. The Morgan fingerprint density at radius 3 is 2.40 bits per heavy atom. The van der Waals surface area contributed by atoms with Gasteiger partial charge in [-0.1, -0.05) is 13.8 Å². The summed E-state index contributed by atoms with van der Waals surface area (Å²) in [6.07, 6.45) is 3.27. The molecule has 0 fully saturated rings. The van der Waals surface area contributed by atoms with Crippen molar-refractivity contribution in [2.24, 2.45) is 7.05 Å². The Balaban J connectivity index is 1.98. The number of nitro benzene ring substituents is 1. The lowest BCUT2D eigenvalue weighted by atomic mass is 10.2. The van der Waals surface area contributed by atoms with Gasteiger partial charge in [0.15, 0.2) is 11.0 Å². The lowest BCUT2D eigenvalue weighted by Crippen LogP contribution is -2.30. The maximum atomic E-state index is 12.7. The van der Waals surface area contributed by atoms with Gasteiger partial charge in [0.25, 0.3) is 5.69 Å². The molecule has 0 saturated carbocycles. The van der Waals surface area contributed by atoms with E-state index in [-0.39, 0.29) is 28.6 Å². The molecule has 1 aromatic carbocycles. The molecule has 0 saturated heterocycles. The van der Waals surface area contributed by atoms with Crippen molar-refractivity contribution in [1.82, 2.24) is 24.1 Å². The Morgan fingerprint density at radius 1 is 1.13 bits per heavy atom. The Morgan fingerprint density at radius 2 is 1.80 bits per heavy atom. The second-order valence-corrected chi connectivity index (χ2v) is 9.13. The first kappa shape index (κ1) is 21.9. The van der Waals surface area contributed by atoms with E-state index in [0.717, 1.165) is 23.4 Å². The van der Waals surface area contributed by atoms with Gasteiger partial charge in [0.05, 0.1) is 14.7 Å². The van der Waals surface area contributed by atoms with E-state index < -0.39 is 14.9 Å². The third-order valence-electron chi connectivity index (χ3n) is 4.44. The quantitative estimate of drug-likeness (QED) is 0.380. The fourth-order valence-corrected chi connectivity index (χ4v) is 5.21. The van der Waals surface area contributed by atoms with Crippen molar-refractivity contribution < 1.29 is 13.3 Å². The van der Waals surface area contributed by atoms with Crippen LogP contribution in [-0.2, 0) is 17.1 Å². The summed E-state index contributed by atoms with van der Waals surface area (Å²) in [5, 5.41) is 20.4. The SMILES string of the molecule is CCN(CC)S(=O)(=O)c1ccc(Sc2nnc(-c3ccncc3)n2C)c([N+](=O)[O-])c1. The molecule has 0 N–H and O–H groups in total. The van der Waals surface area contributed by atoms with Crippen LogP contribution >= 0.6 is 11.8 Å². The van der Waals surface area contributed by atoms with Gasteiger partial charge < -0.3 is 4.57 Å². The molecule has 10 nitrogen and oxygen atoms in total. The summed E-state index contributed by atoms with van der Waals surface area (Å²) in [6.45, 7) is 3.99. The van der Waals surface area contributed by atoms with E-state index in [1.807, 2.05) is 0 Å². The van der Waals surface area contributed by atoms with Crippen LogP contribution in [0.5, 0.6) is 0 Å². The van der Waals surface area contributed by atoms with Crippen molar-refractivity contribution in [1.29, 1.82) is 0 Å². The van der Waals surface area contributed by atoms with Gasteiger partial charge in [0.2, 0.25) is 10.0 Å². The second kappa shape index (κ2) is 8.90. The monoisotopic (exact) mass is 448 g/mol. The highest BCUT2D eigenvalue weighted by molar-refractivity contribution is 7.99. The zero-order valence-electron chi connectivity index (χ0n) is 16.6. The van der Waals surface area contributed by atoms with Crippen molar-refractivity contribution in [3.63, 3.8) is 0 Å². The molecule has 0 amide bonds. The summed E-state index contributed by atoms with van der Waals surface area (Å²) in [6, 6.07) is 7.47. The highest BCUT2D eigenvalue weighted by Gasteiger charge is 2.26. The smallest absolute Gasteiger partial charge is 0.284 e. The summed E-state index contributed by atoms with van der Waals surface area (Å²) in [4.78, 5) is 15.2. The second-order valence-electron chi connectivity index (χ2n) is 6.18. The number of hydrogen-bond acceptors (Lipinski definition) is 8. The van der Waals surface area contributed by atoms with Gasteiger partial charge in [0, 0.05) is 44.2 Å². The van der Waals surface area contributed by atoms with Gasteiger partial charge in [-0.25, -0.2) is 8.42 Å². The fourth-order valence-electron chi connectivity index (χ4n) is 2.85. The number of pyridine rings is 1. The molecule has 30 heavy (non-hydrogen) atoms. The minimum absolute atomic E-state index is 0.113. The first-order valence-corrected chi connectivity index (χ1v) is 11.3. The van der Waals surface area contributed by atoms with E-state index in [1.54, 1.807) is 50.0 Å². The third kappa shape index (κ3) is 4.20. The molecule has 158 valence electrons. The average molecular weight is 449 g/mol. The lowest BCUT2D eigenvalue weighted by molar-refractivity contribution is -0.388. The maximum Gasteiger partial charge on any atom is 0.284 e. The molecule has 0 spiro atoms. The van der Waals surface area contributed by atoms with Crippen LogP contribution in [0.2, 0.25) is 0 Å². The van der Waals surface area contributed by atoms with E-state index in [1.165, 1.54) is 16.4 Å². The number of aromatic nitrogens is 4. The van der Waals surface area contributed by atoms with E-state index in [0.29, 0.717) is 11.0 Å². The molecule has 0 aliphatic carbocycles. The zero-order valence-corrected chi connectivity index (χ0v) is 18.2. The van der Waals surface area contributed by atoms with Crippen LogP contribution in [0, 0.1) is 10.1 Å². The van der Waals surface area contributed by atoms with Crippen LogP contribution < -0.4 is 0 Å². The molecule has 2 heterocycles. The largest absolute Gasteiger partial charge is 0.305 e. The van der Waals surface area contributed by atoms with Crippen LogP contribution in [0.1, 0.15) is 13.8 Å². The van der Waals surface area contributed by atoms with Gasteiger partial charge in [-0.2, -0.15) is 4.31 Å². The van der Waals surface area contributed by atoms with Crippen LogP contribution in [0.15, 0.2) is 57.7 Å². The van der Waals surface area contributed by atoms with E-state index in [2.05, 4.69) is 15.2 Å². The van der Waals surface area contributed by atoms with E-state index >= 15 is 0 Å². The van der Waals surface area contributed by atoms with Gasteiger partial charge in [0.1, 0.15) is 0 Å². The average Bonchev–Trinajstić information content (AvgIpc) is 3.09. The summed E-state index contributed by atoms with van der Waals surface area (Å²) >= 11 is 1.05. The molecule has 2 aromatic heterocycles. The standard InChI is InChI=1S/C18H20N6O4S2/c1-4-23(5-2)30(27,28)14-6-7-16(15(12-14)24(25)26)29-18-21-20-17(22(18)3)13-8-10-19-11-9-13/h6-12H,4-5H2,1-3H3. The topological polar surface area (TPSA) is 124 Å². The first-order chi connectivity index (χ1) is 14.3. The highest BCUT2D eigenvalue weighted by Crippen LogP contribution is 2.36. The normalized spacial score (nSPS) is 11.7. The molecular weight excluding hydrogens is 428 g/mol. The molecule has 0 aliphatic heterocycles. The van der Waals surface area contributed by atoms with Crippen LogP contribution in [0.3, 0.4) is 0 Å². The molecule has 3 aromatic rings. The van der Waals surface area contributed by atoms with Gasteiger partial charge in [-0.3, -0.25) is 15.1 Å². The van der Waals surface area contributed by atoms with Crippen molar-refractivity contribution >= 4 is 27.5 Å². The Labute approximate surface area is 178 Å². The number of sulfonamides is 1. The lowest BCUT2D eigenvalue weighted by Gasteiger charge is -2.18. The van der Waals surface area contributed by atoms with Crippen molar-refractivity contribution in [3.05, 3.63) is 52.8 Å². The van der Waals surface area contributed by atoms with E-state index in [9.17, 15) is 18.5 Å². The minimum atomic E-state index is -3.81. The molecule has 0 radical (unpaired) electrons. The molecular formula is C18H20N6O4S2. The Bertz CT molecular complexity index is 1160. The summed E-state index contributed by atoms with van der Waals surface area (Å²) in [7, 11) is -2.05. The van der Waals surface area contributed by atoms with Crippen molar-refractivity contribution in [3.8, 4) is 11.4 Å². The minimum Gasteiger partial charge on any atom is -0.305 e. The fraction of sp³-hybridized carbons (Fsp3) is 0.278. The van der Waals surface area contributed by atoms with Crippen molar-refractivity contribution in [2.45, 2.75) is 28.8 Å². The molecule has 0 aliphatic rings. The molecule has 0 atom stereocenters. The Hall–Kier alpha value is -2.83. The first-order valence-electron chi connectivity index (χ1n) is 9.05. The number of hydrogen-bond donors (Lipinski definition) is 0. The van der Waals surface area contributed by atoms with Crippen molar-refractivity contribution in [2.75, 3.05) is 13.1 Å². The number of benzene rings is 1. The highest BCUT2D eigenvalue weighted by atomic mass is 32.2. The predicted octanol–water partition coefficient (Wildman–Crippen LogP) is 2.97. The molecule has 0 unspecified atom stereocenters. The summed E-state index contributed by atoms with van der Waals surface area (Å²) in [5.41, 5.74) is 0.503.